The fraction of sp³-hybridized carbons (Fsp3) is 0. The molecule has 0 saturated heterocycles. The monoisotopic (exact) mass is 290 g/mol. The van der Waals surface area contributed by atoms with Gasteiger partial charge >= 0.3 is 0 Å². The fourth-order valence-corrected chi connectivity index (χ4v) is 1.62. The molecule has 0 atom stereocenters. The summed E-state index contributed by atoms with van der Waals surface area (Å²) in [7, 11) is 0. The van der Waals surface area contributed by atoms with E-state index in [1.807, 2.05) is 22.6 Å². The molecule has 0 spiro atoms. The Labute approximate surface area is 81.5 Å². The van der Waals surface area contributed by atoms with Gasteiger partial charge in [0.1, 0.15) is 5.82 Å². The smallest absolute Gasteiger partial charge is 0.144 e. The summed E-state index contributed by atoms with van der Waals surface area (Å²) in [5.74, 6) is -0.474. The molecule has 0 aromatic heterocycles. The highest BCUT2D eigenvalue weighted by atomic mass is 127. The molecule has 0 aliphatic rings. The molecular weight excluding hydrogens is 289 g/mol. The zero-order valence-corrected chi connectivity index (χ0v) is 8.34. The van der Waals surface area contributed by atoms with Crippen LogP contribution in [0, 0.1) is 9.39 Å². The van der Waals surface area contributed by atoms with Crippen molar-refractivity contribution in [2.45, 2.75) is 0 Å². The van der Waals surface area contributed by atoms with E-state index in [1.54, 1.807) is 6.07 Å². The second-order valence-electron chi connectivity index (χ2n) is 1.68. The van der Waals surface area contributed by atoms with Gasteiger partial charge in [-0.2, -0.15) is 0 Å². The molecule has 0 amide bonds. The lowest BCUT2D eigenvalue weighted by Gasteiger charge is -1.96. The zero-order valence-electron chi connectivity index (χ0n) is 4.67. The van der Waals surface area contributed by atoms with E-state index < -0.39 is 5.82 Å². The highest BCUT2D eigenvalue weighted by Gasteiger charge is 2.04. The Balaban J connectivity index is 3.31. The second-order valence-corrected chi connectivity index (χ2v) is 3.66. The molecule has 0 aliphatic carbocycles. The molecule has 0 saturated carbocycles. The van der Waals surface area contributed by atoms with Crippen molar-refractivity contribution in [1.29, 1.82) is 0 Å². The van der Waals surface area contributed by atoms with Gasteiger partial charge in [0.2, 0.25) is 0 Å². The van der Waals surface area contributed by atoms with Crippen LogP contribution >= 0.6 is 45.8 Å². The molecule has 0 aliphatic heterocycles. The third kappa shape index (κ3) is 1.74. The first kappa shape index (κ1) is 8.56. The minimum absolute atomic E-state index is 0.130. The summed E-state index contributed by atoms with van der Waals surface area (Å²) < 4.78 is 13.2. The van der Waals surface area contributed by atoms with Crippen LogP contribution < -0.4 is 0 Å². The van der Waals surface area contributed by atoms with E-state index in [-0.39, 0.29) is 5.02 Å². The van der Waals surface area contributed by atoms with Crippen LogP contribution in [-0.2, 0) is 0 Å². The summed E-state index contributed by atoms with van der Waals surface area (Å²) >= 11 is 12.9. The SMILES string of the molecule is Fc1cc(Cl)cc(I)c1Cl. The van der Waals surface area contributed by atoms with Crippen LogP contribution in [0.4, 0.5) is 4.39 Å². The molecule has 4 heteroatoms. The van der Waals surface area contributed by atoms with Crippen LogP contribution in [-0.4, -0.2) is 0 Å². The van der Waals surface area contributed by atoms with Gasteiger partial charge in [0.25, 0.3) is 0 Å². The van der Waals surface area contributed by atoms with Crippen LogP contribution in [0.5, 0.6) is 0 Å². The highest BCUT2D eigenvalue weighted by Crippen LogP contribution is 2.25. The molecule has 0 fully saturated rings. The Bertz CT molecular complexity index is 239. The molecular formula is C6H2Cl2FI. The molecule has 0 unspecified atom stereocenters. The molecule has 0 nitrogen and oxygen atoms in total. The zero-order chi connectivity index (χ0) is 7.72. The molecule has 0 bridgehead atoms. The van der Waals surface area contributed by atoms with Crippen LogP contribution in [0.15, 0.2) is 12.1 Å². The lowest BCUT2D eigenvalue weighted by atomic mass is 10.3. The van der Waals surface area contributed by atoms with Crippen LogP contribution in [0.3, 0.4) is 0 Å². The quantitative estimate of drug-likeness (QED) is 0.388. The first-order valence-corrected chi connectivity index (χ1v) is 4.25. The average Bonchev–Trinajstić information content (AvgIpc) is 1.82. The largest absolute Gasteiger partial charge is 0.205 e. The molecule has 0 N–H and O–H groups in total. The van der Waals surface area contributed by atoms with Gasteiger partial charge in [0, 0.05) is 8.59 Å². The van der Waals surface area contributed by atoms with Crippen molar-refractivity contribution in [3.8, 4) is 0 Å². The van der Waals surface area contributed by atoms with Gasteiger partial charge < -0.3 is 0 Å². The number of rotatable bonds is 0. The maximum Gasteiger partial charge on any atom is 0.144 e. The summed E-state index contributed by atoms with van der Waals surface area (Å²) in [6, 6.07) is 2.79. The van der Waals surface area contributed by atoms with Crippen molar-refractivity contribution in [2.24, 2.45) is 0 Å². The van der Waals surface area contributed by atoms with Crippen LogP contribution in [0.2, 0.25) is 10.0 Å². The van der Waals surface area contributed by atoms with E-state index in [0.29, 0.717) is 8.59 Å². The van der Waals surface area contributed by atoms with Crippen molar-refractivity contribution < 1.29 is 4.39 Å². The van der Waals surface area contributed by atoms with Crippen LogP contribution in [0.25, 0.3) is 0 Å². The summed E-state index contributed by atoms with van der Waals surface area (Å²) in [4.78, 5) is 0. The third-order valence-corrected chi connectivity index (χ3v) is 2.72. The molecule has 1 aromatic rings. The average molecular weight is 291 g/mol. The van der Waals surface area contributed by atoms with E-state index >= 15 is 0 Å². The van der Waals surface area contributed by atoms with E-state index in [1.165, 1.54) is 6.07 Å². The lowest BCUT2D eigenvalue weighted by molar-refractivity contribution is 0.627. The summed E-state index contributed by atoms with van der Waals surface area (Å²) in [5, 5.41) is 0.497. The summed E-state index contributed by atoms with van der Waals surface area (Å²) in [6.45, 7) is 0. The van der Waals surface area contributed by atoms with E-state index in [9.17, 15) is 4.39 Å². The van der Waals surface area contributed by atoms with Gasteiger partial charge in [-0.15, -0.1) is 0 Å². The van der Waals surface area contributed by atoms with Crippen molar-refractivity contribution in [3.63, 3.8) is 0 Å². The highest BCUT2D eigenvalue weighted by molar-refractivity contribution is 14.1. The summed E-state index contributed by atoms with van der Waals surface area (Å²) in [5.41, 5.74) is 0. The van der Waals surface area contributed by atoms with Gasteiger partial charge in [0.15, 0.2) is 0 Å². The number of halogens is 4. The minimum Gasteiger partial charge on any atom is -0.205 e. The first-order chi connectivity index (χ1) is 4.61. The lowest BCUT2D eigenvalue weighted by Crippen LogP contribution is -1.80. The van der Waals surface area contributed by atoms with Crippen molar-refractivity contribution in [2.75, 3.05) is 0 Å². The van der Waals surface area contributed by atoms with Gasteiger partial charge in [-0.25, -0.2) is 4.39 Å². The van der Waals surface area contributed by atoms with E-state index in [0.717, 1.165) is 0 Å². The minimum atomic E-state index is -0.474. The van der Waals surface area contributed by atoms with E-state index in [4.69, 9.17) is 23.2 Å². The van der Waals surface area contributed by atoms with Gasteiger partial charge in [-0.05, 0) is 34.7 Å². The third-order valence-electron chi connectivity index (χ3n) is 0.949. The number of benzene rings is 1. The summed E-state index contributed by atoms with van der Waals surface area (Å²) in [6.07, 6.45) is 0. The second kappa shape index (κ2) is 3.24. The Kier molecular flexibility index (Phi) is 2.77. The van der Waals surface area contributed by atoms with E-state index in [2.05, 4.69) is 0 Å². The number of hydrogen-bond acceptors (Lipinski definition) is 0. The normalized spacial score (nSPS) is 10.0. The first-order valence-electron chi connectivity index (χ1n) is 2.41. The Morgan fingerprint density at radius 1 is 1.30 bits per heavy atom. The number of hydrogen-bond donors (Lipinski definition) is 0. The van der Waals surface area contributed by atoms with Gasteiger partial charge in [0.05, 0.1) is 5.02 Å². The van der Waals surface area contributed by atoms with Crippen molar-refractivity contribution in [3.05, 3.63) is 31.6 Å². The van der Waals surface area contributed by atoms with Gasteiger partial charge in [-0.1, -0.05) is 23.2 Å². The predicted molar refractivity (Wildman–Crippen MR) is 49.1 cm³/mol. The maximum atomic E-state index is 12.6. The predicted octanol–water partition coefficient (Wildman–Crippen LogP) is 3.74. The van der Waals surface area contributed by atoms with Gasteiger partial charge in [-0.3, -0.25) is 0 Å². The Hall–Kier alpha value is 0.460. The molecule has 10 heavy (non-hydrogen) atoms. The topological polar surface area (TPSA) is 0 Å². The molecule has 0 radical (unpaired) electrons. The fourth-order valence-electron chi connectivity index (χ4n) is 0.525. The van der Waals surface area contributed by atoms with Crippen LogP contribution in [0.1, 0.15) is 0 Å². The van der Waals surface area contributed by atoms with Crippen molar-refractivity contribution in [1.82, 2.24) is 0 Å². The molecule has 1 rings (SSSR count). The Morgan fingerprint density at radius 2 is 1.90 bits per heavy atom. The molecule has 0 heterocycles. The van der Waals surface area contributed by atoms with Crippen molar-refractivity contribution >= 4 is 45.8 Å². The molecule has 54 valence electrons. The Morgan fingerprint density at radius 3 is 2.40 bits per heavy atom. The standard InChI is InChI=1S/C6H2Cl2FI/c7-3-1-4(9)6(8)5(10)2-3/h1-2H. The molecule has 1 aromatic carbocycles. The maximum absolute atomic E-state index is 12.6.